The average Bonchev–Trinajstić information content (AvgIpc) is 3.14. The van der Waals surface area contributed by atoms with E-state index in [9.17, 15) is 4.79 Å². The van der Waals surface area contributed by atoms with E-state index >= 15 is 0 Å². The molecule has 4 nitrogen and oxygen atoms in total. The maximum atomic E-state index is 12.7. The molecule has 0 atom stereocenters. The van der Waals surface area contributed by atoms with Crippen molar-refractivity contribution in [3.8, 4) is 0 Å². The van der Waals surface area contributed by atoms with Gasteiger partial charge in [-0.2, -0.15) is 0 Å². The molecule has 1 spiro atoms. The molecule has 0 radical (unpaired) electrons. The van der Waals surface area contributed by atoms with Crippen LogP contribution in [0.25, 0.3) is 0 Å². The number of halogens is 2. The number of hydrogen-bond donors (Lipinski definition) is 0. The van der Waals surface area contributed by atoms with Gasteiger partial charge in [-0.05, 0) is 23.8 Å². The molecular weight excluding hydrogens is 385 g/mol. The molecular formula is C21H21Cl2NO3. The Morgan fingerprint density at radius 2 is 1.67 bits per heavy atom. The van der Waals surface area contributed by atoms with Gasteiger partial charge in [0.2, 0.25) is 0 Å². The summed E-state index contributed by atoms with van der Waals surface area (Å²) in [4.78, 5) is 15.1. The van der Waals surface area contributed by atoms with E-state index in [1.807, 2.05) is 24.3 Å². The van der Waals surface area contributed by atoms with Crippen molar-refractivity contribution in [3.05, 3.63) is 69.2 Å². The van der Waals surface area contributed by atoms with Gasteiger partial charge in [-0.15, -0.1) is 0 Å². The number of likely N-dealkylation sites (tertiary alicyclic amines) is 1. The fraction of sp³-hybridized carbons (Fsp3) is 0.381. The summed E-state index contributed by atoms with van der Waals surface area (Å²) >= 11 is 12.1. The summed E-state index contributed by atoms with van der Waals surface area (Å²) in [7, 11) is 0. The molecule has 0 aliphatic carbocycles. The first-order chi connectivity index (χ1) is 13.0. The molecule has 4 rings (SSSR count). The molecule has 0 amide bonds. The van der Waals surface area contributed by atoms with E-state index in [-0.39, 0.29) is 11.6 Å². The van der Waals surface area contributed by atoms with Crippen molar-refractivity contribution >= 4 is 29.0 Å². The molecule has 2 aliphatic rings. The van der Waals surface area contributed by atoms with Crippen LogP contribution in [0.5, 0.6) is 0 Å². The largest absolute Gasteiger partial charge is 0.347 e. The van der Waals surface area contributed by atoms with Gasteiger partial charge >= 0.3 is 0 Å². The third-order valence-electron chi connectivity index (χ3n) is 5.23. The molecule has 0 unspecified atom stereocenters. The molecule has 2 fully saturated rings. The van der Waals surface area contributed by atoms with Gasteiger partial charge < -0.3 is 9.47 Å². The Kier molecular flexibility index (Phi) is 5.53. The van der Waals surface area contributed by atoms with Gasteiger partial charge in [-0.3, -0.25) is 9.69 Å². The van der Waals surface area contributed by atoms with Crippen LogP contribution in [0.3, 0.4) is 0 Å². The zero-order chi connectivity index (χ0) is 18.9. The number of piperidine rings is 1. The second-order valence-electron chi connectivity index (χ2n) is 7.03. The van der Waals surface area contributed by atoms with Crippen LogP contribution in [-0.2, 0) is 16.0 Å². The van der Waals surface area contributed by atoms with Crippen molar-refractivity contribution in [3.63, 3.8) is 0 Å². The first-order valence-electron chi connectivity index (χ1n) is 9.14. The van der Waals surface area contributed by atoms with Gasteiger partial charge in [0.25, 0.3) is 0 Å². The lowest BCUT2D eigenvalue weighted by Gasteiger charge is -2.37. The normalized spacial score (nSPS) is 19.5. The first-order valence-corrected chi connectivity index (χ1v) is 9.89. The Bertz CT molecular complexity index is 822. The van der Waals surface area contributed by atoms with Crippen LogP contribution in [0.4, 0.5) is 0 Å². The molecule has 2 aromatic carbocycles. The van der Waals surface area contributed by atoms with Crippen LogP contribution in [0, 0.1) is 0 Å². The number of ether oxygens (including phenoxy) is 2. The van der Waals surface area contributed by atoms with Crippen molar-refractivity contribution in [1.29, 1.82) is 0 Å². The fourth-order valence-electron chi connectivity index (χ4n) is 3.68. The zero-order valence-corrected chi connectivity index (χ0v) is 16.4. The SMILES string of the molecule is O=C(c1ccc(CN2CCC3(CC2)OCCO3)cc1)c1cc(Cl)ccc1Cl. The van der Waals surface area contributed by atoms with Crippen molar-refractivity contribution in [1.82, 2.24) is 4.90 Å². The van der Waals surface area contributed by atoms with Gasteiger partial charge in [-0.1, -0.05) is 47.5 Å². The molecule has 2 saturated heterocycles. The Balaban J connectivity index is 1.39. The molecule has 2 aliphatic heterocycles. The molecule has 6 heteroatoms. The summed E-state index contributed by atoms with van der Waals surface area (Å²) in [5.74, 6) is -0.465. The highest BCUT2D eigenvalue weighted by molar-refractivity contribution is 6.36. The summed E-state index contributed by atoms with van der Waals surface area (Å²) in [6, 6.07) is 12.6. The Hall–Kier alpha value is -1.43. The monoisotopic (exact) mass is 405 g/mol. The summed E-state index contributed by atoms with van der Waals surface area (Å²) in [6.07, 6.45) is 1.80. The molecule has 0 N–H and O–H groups in total. The Morgan fingerprint density at radius 1 is 1.00 bits per heavy atom. The van der Waals surface area contributed by atoms with Crippen molar-refractivity contribution in [2.75, 3.05) is 26.3 Å². The van der Waals surface area contributed by atoms with Crippen LogP contribution in [0.2, 0.25) is 10.0 Å². The second kappa shape index (κ2) is 7.90. The summed E-state index contributed by atoms with van der Waals surface area (Å²) in [6.45, 7) is 4.14. The van der Waals surface area contributed by atoms with Crippen LogP contribution in [0.15, 0.2) is 42.5 Å². The number of benzene rings is 2. The number of carbonyl (C=O) groups excluding carboxylic acids is 1. The second-order valence-corrected chi connectivity index (χ2v) is 7.88. The zero-order valence-electron chi connectivity index (χ0n) is 14.9. The van der Waals surface area contributed by atoms with E-state index < -0.39 is 0 Å². The number of carbonyl (C=O) groups is 1. The summed E-state index contributed by atoms with van der Waals surface area (Å²) in [5.41, 5.74) is 2.20. The minimum absolute atomic E-state index is 0.121. The predicted molar refractivity (Wildman–Crippen MR) is 105 cm³/mol. The highest BCUT2D eigenvalue weighted by Gasteiger charge is 2.39. The van der Waals surface area contributed by atoms with Crippen molar-refractivity contribution in [2.24, 2.45) is 0 Å². The number of nitrogens with zero attached hydrogens (tertiary/aromatic N) is 1. The lowest BCUT2D eigenvalue weighted by atomic mass is 10.0. The third-order valence-corrected chi connectivity index (χ3v) is 5.79. The number of hydrogen-bond acceptors (Lipinski definition) is 4. The van der Waals surface area contributed by atoms with Gasteiger partial charge in [0.15, 0.2) is 11.6 Å². The minimum atomic E-state index is -0.344. The molecule has 0 saturated carbocycles. The highest BCUT2D eigenvalue weighted by Crippen LogP contribution is 2.31. The van der Waals surface area contributed by atoms with Gasteiger partial charge in [0.05, 0.1) is 18.2 Å². The van der Waals surface area contributed by atoms with Crippen molar-refractivity contribution < 1.29 is 14.3 Å². The fourth-order valence-corrected chi connectivity index (χ4v) is 4.06. The molecule has 2 aromatic rings. The van der Waals surface area contributed by atoms with E-state index in [0.29, 0.717) is 34.4 Å². The average molecular weight is 406 g/mol. The van der Waals surface area contributed by atoms with E-state index in [1.165, 1.54) is 5.56 Å². The Morgan fingerprint density at radius 3 is 2.33 bits per heavy atom. The molecule has 142 valence electrons. The summed E-state index contributed by atoms with van der Waals surface area (Å²) < 4.78 is 11.6. The molecule has 2 heterocycles. The maximum Gasteiger partial charge on any atom is 0.194 e. The third kappa shape index (κ3) is 4.20. The number of rotatable bonds is 4. The minimum Gasteiger partial charge on any atom is -0.347 e. The van der Waals surface area contributed by atoms with E-state index in [4.69, 9.17) is 32.7 Å². The van der Waals surface area contributed by atoms with Crippen molar-refractivity contribution in [2.45, 2.75) is 25.2 Å². The smallest absolute Gasteiger partial charge is 0.194 e. The van der Waals surface area contributed by atoms with E-state index in [0.717, 1.165) is 32.5 Å². The van der Waals surface area contributed by atoms with Crippen LogP contribution >= 0.6 is 23.2 Å². The summed E-state index contributed by atoms with van der Waals surface area (Å²) in [5, 5.41) is 0.907. The van der Waals surface area contributed by atoms with Gasteiger partial charge in [0, 0.05) is 48.6 Å². The highest BCUT2D eigenvalue weighted by atomic mass is 35.5. The van der Waals surface area contributed by atoms with E-state index in [1.54, 1.807) is 18.2 Å². The van der Waals surface area contributed by atoms with Crippen LogP contribution in [0.1, 0.15) is 34.3 Å². The topological polar surface area (TPSA) is 38.8 Å². The first kappa shape index (κ1) is 18.9. The maximum absolute atomic E-state index is 12.7. The standard InChI is InChI=1S/C21H21Cl2NO3/c22-17-5-6-19(23)18(13-17)20(25)16-3-1-15(2-4-16)14-24-9-7-21(8-10-24)26-11-12-27-21/h1-6,13H,7-12,14H2. The van der Waals surface area contributed by atoms with E-state index in [2.05, 4.69) is 4.90 Å². The lowest BCUT2D eigenvalue weighted by molar-refractivity contribution is -0.185. The molecule has 0 aromatic heterocycles. The molecule has 0 bridgehead atoms. The molecule has 27 heavy (non-hydrogen) atoms. The van der Waals surface area contributed by atoms with Crippen LogP contribution in [-0.4, -0.2) is 42.8 Å². The van der Waals surface area contributed by atoms with Gasteiger partial charge in [-0.25, -0.2) is 0 Å². The van der Waals surface area contributed by atoms with Crippen LogP contribution < -0.4 is 0 Å². The predicted octanol–water partition coefficient (Wildman–Crippen LogP) is 4.56. The number of ketones is 1. The quantitative estimate of drug-likeness (QED) is 0.698. The van der Waals surface area contributed by atoms with Gasteiger partial charge in [0.1, 0.15) is 0 Å². The lowest BCUT2D eigenvalue weighted by Crippen LogP contribution is -2.44. The Labute approximate surface area is 169 Å².